The Morgan fingerprint density at radius 3 is 2.85 bits per heavy atom. The predicted molar refractivity (Wildman–Crippen MR) is 85.7 cm³/mol. The third kappa shape index (κ3) is 4.37. The van der Waals surface area contributed by atoms with Crippen molar-refractivity contribution in [3.63, 3.8) is 0 Å². The number of likely N-dealkylation sites (N-methyl/N-ethyl adjacent to an activating group) is 1. The molecule has 0 saturated carbocycles. The molecule has 2 rings (SSSR count). The number of hydrogen-bond acceptors (Lipinski definition) is 3. The zero-order valence-corrected chi connectivity index (χ0v) is 13.2. The van der Waals surface area contributed by atoms with Gasteiger partial charge in [0.25, 0.3) is 0 Å². The lowest BCUT2D eigenvalue weighted by Crippen LogP contribution is -2.33. The molecule has 0 aromatic heterocycles. The van der Waals surface area contributed by atoms with Crippen molar-refractivity contribution in [2.45, 2.75) is 44.8 Å². The van der Waals surface area contributed by atoms with Crippen molar-refractivity contribution >= 4 is 17.3 Å². The number of nitrogens with two attached hydrogens (primary N) is 1. The molecule has 0 spiro atoms. The summed E-state index contributed by atoms with van der Waals surface area (Å²) in [5.74, 6) is 0. The van der Waals surface area contributed by atoms with E-state index in [9.17, 15) is 0 Å². The van der Waals surface area contributed by atoms with Gasteiger partial charge in [0, 0.05) is 26.2 Å². The molecule has 112 valence electrons. The Balaban J connectivity index is 2.00. The standard InChI is InChI=1S/C16H25ClN2O/c1-12(18)9-13-6-7-16(15(17)10-13)19(2)11-14-5-3-4-8-20-14/h6-7,10,12,14H,3-5,8-9,11,18H2,1-2H3. The van der Waals surface area contributed by atoms with Crippen LogP contribution < -0.4 is 10.6 Å². The number of benzene rings is 1. The van der Waals surface area contributed by atoms with E-state index in [1.165, 1.54) is 18.4 Å². The minimum absolute atomic E-state index is 0.158. The van der Waals surface area contributed by atoms with Crippen LogP contribution in [-0.2, 0) is 11.2 Å². The normalized spacial score (nSPS) is 20.7. The second-order valence-electron chi connectivity index (χ2n) is 5.84. The molecule has 1 heterocycles. The van der Waals surface area contributed by atoms with Gasteiger partial charge < -0.3 is 15.4 Å². The van der Waals surface area contributed by atoms with E-state index < -0.39 is 0 Å². The van der Waals surface area contributed by atoms with Gasteiger partial charge in [-0.25, -0.2) is 0 Å². The Morgan fingerprint density at radius 1 is 1.45 bits per heavy atom. The van der Waals surface area contributed by atoms with Crippen LogP contribution in [-0.4, -0.2) is 32.3 Å². The Hall–Kier alpha value is -0.770. The van der Waals surface area contributed by atoms with Crippen LogP contribution in [0.1, 0.15) is 31.7 Å². The molecule has 0 bridgehead atoms. The van der Waals surface area contributed by atoms with Gasteiger partial charge in [-0.15, -0.1) is 0 Å². The average molecular weight is 297 g/mol. The number of anilines is 1. The van der Waals surface area contributed by atoms with Gasteiger partial charge in [0.2, 0.25) is 0 Å². The van der Waals surface area contributed by atoms with E-state index in [1.54, 1.807) is 0 Å². The Labute approximate surface area is 127 Å². The van der Waals surface area contributed by atoms with Crippen LogP contribution in [0.2, 0.25) is 5.02 Å². The summed E-state index contributed by atoms with van der Waals surface area (Å²) < 4.78 is 5.79. The van der Waals surface area contributed by atoms with Crippen molar-refractivity contribution < 1.29 is 4.74 Å². The van der Waals surface area contributed by atoms with Gasteiger partial charge in [-0.1, -0.05) is 17.7 Å². The fraction of sp³-hybridized carbons (Fsp3) is 0.625. The van der Waals surface area contributed by atoms with Crippen LogP contribution >= 0.6 is 11.6 Å². The van der Waals surface area contributed by atoms with Crippen molar-refractivity contribution in [1.29, 1.82) is 0 Å². The van der Waals surface area contributed by atoms with Crippen LogP contribution in [0.5, 0.6) is 0 Å². The average Bonchev–Trinajstić information content (AvgIpc) is 2.39. The monoisotopic (exact) mass is 296 g/mol. The molecule has 2 atom stereocenters. The Morgan fingerprint density at radius 2 is 2.25 bits per heavy atom. The van der Waals surface area contributed by atoms with Crippen molar-refractivity contribution in [2.75, 3.05) is 25.1 Å². The molecule has 1 fully saturated rings. The maximum Gasteiger partial charge on any atom is 0.0749 e. The Bertz CT molecular complexity index is 430. The minimum atomic E-state index is 0.158. The van der Waals surface area contributed by atoms with Gasteiger partial charge in [-0.05, 0) is 50.3 Å². The number of hydrogen-bond donors (Lipinski definition) is 1. The van der Waals surface area contributed by atoms with Crippen molar-refractivity contribution in [1.82, 2.24) is 0 Å². The second-order valence-corrected chi connectivity index (χ2v) is 6.24. The number of rotatable bonds is 5. The molecule has 2 unspecified atom stereocenters. The molecule has 0 radical (unpaired) electrons. The van der Waals surface area contributed by atoms with Crippen LogP contribution in [0, 0.1) is 0 Å². The fourth-order valence-electron chi connectivity index (χ4n) is 2.71. The van der Waals surface area contributed by atoms with E-state index in [0.29, 0.717) is 6.10 Å². The summed E-state index contributed by atoms with van der Waals surface area (Å²) in [6, 6.07) is 6.38. The maximum atomic E-state index is 6.40. The van der Waals surface area contributed by atoms with Gasteiger partial charge in [0.05, 0.1) is 16.8 Å². The first kappa shape index (κ1) is 15.6. The van der Waals surface area contributed by atoms with E-state index in [0.717, 1.165) is 36.7 Å². The van der Waals surface area contributed by atoms with E-state index in [1.807, 2.05) is 13.0 Å². The van der Waals surface area contributed by atoms with Gasteiger partial charge in [0.15, 0.2) is 0 Å². The highest BCUT2D eigenvalue weighted by Gasteiger charge is 2.17. The molecule has 1 aromatic carbocycles. The van der Waals surface area contributed by atoms with Crippen molar-refractivity contribution in [3.8, 4) is 0 Å². The summed E-state index contributed by atoms with van der Waals surface area (Å²) in [6.07, 6.45) is 4.78. The maximum absolute atomic E-state index is 6.40. The SMILES string of the molecule is CC(N)Cc1ccc(N(C)CC2CCCCO2)c(Cl)c1. The molecule has 20 heavy (non-hydrogen) atoms. The van der Waals surface area contributed by atoms with E-state index in [2.05, 4.69) is 24.1 Å². The summed E-state index contributed by atoms with van der Waals surface area (Å²) >= 11 is 6.40. The third-order valence-electron chi connectivity index (χ3n) is 3.73. The summed E-state index contributed by atoms with van der Waals surface area (Å²) in [5.41, 5.74) is 8.08. The summed E-state index contributed by atoms with van der Waals surface area (Å²) in [6.45, 7) is 3.79. The topological polar surface area (TPSA) is 38.5 Å². The number of ether oxygens (including phenoxy) is 1. The molecule has 1 saturated heterocycles. The van der Waals surface area contributed by atoms with Crippen LogP contribution in [0.15, 0.2) is 18.2 Å². The van der Waals surface area contributed by atoms with Gasteiger partial charge in [0.1, 0.15) is 0 Å². The summed E-state index contributed by atoms with van der Waals surface area (Å²) in [5, 5.41) is 0.793. The summed E-state index contributed by atoms with van der Waals surface area (Å²) in [4.78, 5) is 2.19. The first-order valence-electron chi connectivity index (χ1n) is 7.43. The van der Waals surface area contributed by atoms with Crippen molar-refractivity contribution in [3.05, 3.63) is 28.8 Å². The zero-order valence-electron chi connectivity index (χ0n) is 12.4. The molecule has 1 aliphatic heterocycles. The largest absolute Gasteiger partial charge is 0.376 e. The molecule has 2 N–H and O–H groups in total. The van der Waals surface area contributed by atoms with Crippen LogP contribution in [0.4, 0.5) is 5.69 Å². The Kier molecular flexibility index (Phi) is 5.70. The quantitative estimate of drug-likeness (QED) is 0.906. The van der Waals surface area contributed by atoms with Crippen molar-refractivity contribution in [2.24, 2.45) is 5.73 Å². The predicted octanol–water partition coefficient (Wildman–Crippen LogP) is 3.24. The number of halogens is 1. The van der Waals surface area contributed by atoms with Gasteiger partial charge in [-0.2, -0.15) is 0 Å². The third-order valence-corrected chi connectivity index (χ3v) is 4.04. The lowest BCUT2D eigenvalue weighted by Gasteiger charge is -2.29. The highest BCUT2D eigenvalue weighted by molar-refractivity contribution is 6.33. The number of nitrogens with zero attached hydrogens (tertiary/aromatic N) is 1. The molecule has 0 amide bonds. The molecule has 3 nitrogen and oxygen atoms in total. The van der Waals surface area contributed by atoms with Crippen LogP contribution in [0.25, 0.3) is 0 Å². The van der Waals surface area contributed by atoms with Crippen LogP contribution in [0.3, 0.4) is 0 Å². The molecular weight excluding hydrogens is 272 g/mol. The highest BCUT2D eigenvalue weighted by atomic mass is 35.5. The smallest absolute Gasteiger partial charge is 0.0749 e. The first-order valence-corrected chi connectivity index (χ1v) is 7.81. The molecule has 1 aliphatic rings. The second kappa shape index (κ2) is 7.30. The molecule has 4 heteroatoms. The minimum Gasteiger partial charge on any atom is -0.376 e. The van der Waals surface area contributed by atoms with E-state index in [4.69, 9.17) is 22.1 Å². The summed E-state index contributed by atoms with van der Waals surface area (Å²) in [7, 11) is 2.07. The van der Waals surface area contributed by atoms with E-state index in [-0.39, 0.29) is 6.04 Å². The lowest BCUT2D eigenvalue weighted by atomic mass is 10.1. The molecular formula is C16H25ClN2O. The van der Waals surface area contributed by atoms with E-state index >= 15 is 0 Å². The van der Waals surface area contributed by atoms with Gasteiger partial charge >= 0.3 is 0 Å². The fourth-order valence-corrected chi connectivity index (χ4v) is 3.06. The lowest BCUT2D eigenvalue weighted by molar-refractivity contribution is 0.0216. The molecule has 1 aromatic rings. The first-order chi connectivity index (χ1) is 9.56. The molecule has 0 aliphatic carbocycles. The highest BCUT2D eigenvalue weighted by Crippen LogP contribution is 2.27. The zero-order chi connectivity index (χ0) is 14.5. The van der Waals surface area contributed by atoms with Gasteiger partial charge in [-0.3, -0.25) is 0 Å².